The van der Waals surface area contributed by atoms with Crippen molar-refractivity contribution in [1.82, 2.24) is 10.2 Å². The number of nitrogens with zero attached hydrogens (tertiary/aromatic N) is 1. The summed E-state index contributed by atoms with van der Waals surface area (Å²) in [5.41, 5.74) is 0. The standard InChI is InChI=1S/C13H28N2/c1-5-8-11-14-13(4)10-9-12-15(6-2)7-3/h5,13-14H,1,6-12H2,2-4H3. The van der Waals surface area contributed by atoms with Crippen LogP contribution >= 0.6 is 0 Å². The van der Waals surface area contributed by atoms with Gasteiger partial charge in [-0.1, -0.05) is 19.9 Å². The molecule has 1 unspecified atom stereocenters. The minimum atomic E-state index is 0.639. The molecule has 0 fully saturated rings. The van der Waals surface area contributed by atoms with Gasteiger partial charge in [0.05, 0.1) is 0 Å². The highest BCUT2D eigenvalue weighted by molar-refractivity contribution is 4.70. The Bertz CT molecular complexity index is 141. The van der Waals surface area contributed by atoms with Crippen molar-refractivity contribution in [2.45, 2.75) is 46.1 Å². The van der Waals surface area contributed by atoms with E-state index in [9.17, 15) is 0 Å². The smallest absolute Gasteiger partial charge is 0.00393 e. The van der Waals surface area contributed by atoms with E-state index >= 15 is 0 Å². The normalized spacial score (nSPS) is 13.1. The fourth-order valence-corrected chi connectivity index (χ4v) is 1.69. The zero-order valence-electron chi connectivity index (χ0n) is 10.8. The monoisotopic (exact) mass is 212 g/mol. The Kier molecular flexibility index (Phi) is 9.96. The summed E-state index contributed by atoms with van der Waals surface area (Å²) in [6.07, 6.45) is 5.60. The lowest BCUT2D eigenvalue weighted by atomic mass is 10.1. The van der Waals surface area contributed by atoms with Gasteiger partial charge >= 0.3 is 0 Å². The number of nitrogens with one attached hydrogen (secondary N) is 1. The molecular formula is C13H28N2. The van der Waals surface area contributed by atoms with Crippen LogP contribution in [0.25, 0.3) is 0 Å². The van der Waals surface area contributed by atoms with Gasteiger partial charge in [0.25, 0.3) is 0 Å². The first-order valence-corrected chi connectivity index (χ1v) is 6.31. The van der Waals surface area contributed by atoms with E-state index in [1.54, 1.807) is 0 Å². The lowest BCUT2D eigenvalue weighted by molar-refractivity contribution is 0.290. The van der Waals surface area contributed by atoms with Crippen molar-refractivity contribution < 1.29 is 0 Å². The van der Waals surface area contributed by atoms with Crippen LogP contribution in [0.3, 0.4) is 0 Å². The summed E-state index contributed by atoms with van der Waals surface area (Å²) in [6, 6.07) is 0.639. The molecule has 15 heavy (non-hydrogen) atoms. The van der Waals surface area contributed by atoms with E-state index < -0.39 is 0 Å². The Morgan fingerprint density at radius 1 is 1.33 bits per heavy atom. The topological polar surface area (TPSA) is 15.3 Å². The zero-order chi connectivity index (χ0) is 11.5. The molecular weight excluding hydrogens is 184 g/mol. The summed E-state index contributed by atoms with van der Waals surface area (Å²) >= 11 is 0. The highest BCUT2D eigenvalue weighted by Crippen LogP contribution is 1.99. The van der Waals surface area contributed by atoms with E-state index in [2.05, 4.69) is 37.6 Å². The van der Waals surface area contributed by atoms with Crippen LogP contribution in [0, 0.1) is 0 Å². The Morgan fingerprint density at radius 3 is 2.53 bits per heavy atom. The third-order valence-electron chi connectivity index (χ3n) is 2.85. The maximum Gasteiger partial charge on any atom is 0.00393 e. The van der Waals surface area contributed by atoms with Crippen molar-refractivity contribution >= 4 is 0 Å². The quantitative estimate of drug-likeness (QED) is 0.442. The van der Waals surface area contributed by atoms with Gasteiger partial charge in [-0.25, -0.2) is 0 Å². The predicted octanol–water partition coefficient (Wildman–Crippen LogP) is 2.66. The van der Waals surface area contributed by atoms with Gasteiger partial charge in [-0.3, -0.25) is 0 Å². The molecule has 2 heteroatoms. The number of rotatable bonds is 10. The maximum atomic E-state index is 3.72. The van der Waals surface area contributed by atoms with E-state index in [0.717, 1.165) is 13.0 Å². The predicted molar refractivity (Wildman–Crippen MR) is 69.3 cm³/mol. The molecule has 0 rings (SSSR count). The van der Waals surface area contributed by atoms with Crippen LogP contribution in [0.15, 0.2) is 12.7 Å². The second-order valence-corrected chi connectivity index (χ2v) is 4.10. The third-order valence-corrected chi connectivity index (χ3v) is 2.85. The molecule has 0 saturated heterocycles. The van der Waals surface area contributed by atoms with Crippen molar-refractivity contribution in [3.05, 3.63) is 12.7 Å². The molecule has 90 valence electrons. The van der Waals surface area contributed by atoms with Gasteiger partial charge in [0.15, 0.2) is 0 Å². The summed E-state index contributed by atoms with van der Waals surface area (Å²) in [5, 5.41) is 3.50. The minimum Gasteiger partial charge on any atom is -0.314 e. The van der Waals surface area contributed by atoms with Gasteiger partial charge < -0.3 is 10.2 Å². The first-order valence-electron chi connectivity index (χ1n) is 6.31. The Balaban J connectivity index is 3.36. The number of hydrogen-bond donors (Lipinski definition) is 1. The molecule has 0 aromatic heterocycles. The molecule has 0 aromatic carbocycles. The van der Waals surface area contributed by atoms with Crippen LogP contribution in [0.5, 0.6) is 0 Å². The molecule has 0 bridgehead atoms. The summed E-state index contributed by atoms with van der Waals surface area (Å²) in [5.74, 6) is 0. The van der Waals surface area contributed by atoms with E-state index in [-0.39, 0.29) is 0 Å². The number of hydrogen-bond acceptors (Lipinski definition) is 2. The van der Waals surface area contributed by atoms with Crippen molar-refractivity contribution in [3.8, 4) is 0 Å². The van der Waals surface area contributed by atoms with Gasteiger partial charge in [-0.2, -0.15) is 0 Å². The Morgan fingerprint density at radius 2 is 2.00 bits per heavy atom. The average Bonchev–Trinajstić information content (AvgIpc) is 2.25. The average molecular weight is 212 g/mol. The molecule has 0 radical (unpaired) electrons. The highest BCUT2D eigenvalue weighted by atomic mass is 15.1. The van der Waals surface area contributed by atoms with Gasteiger partial charge in [0.2, 0.25) is 0 Å². The first kappa shape index (κ1) is 14.7. The van der Waals surface area contributed by atoms with Gasteiger partial charge in [0.1, 0.15) is 0 Å². The molecule has 0 saturated carbocycles. The van der Waals surface area contributed by atoms with Gasteiger partial charge in [-0.15, -0.1) is 6.58 Å². The molecule has 1 atom stereocenters. The largest absolute Gasteiger partial charge is 0.314 e. The van der Waals surface area contributed by atoms with Crippen LogP contribution in [0.4, 0.5) is 0 Å². The molecule has 0 amide bonds. The highest BCUT2D eigenvalue weighted by Gasteiger charge is 2.02. The first-order chi connectivity index (χ1) is 7.24. The molecule has 1 N–H and O–H groups in total. The molecule has 2 nitrogen and oxygen atoms in total. The lowest BCUT2D eigenvalue weighted by Gasteiger charge is -2.19. The summed E-state index contributed by atoms with van der Waals surface area (Å²) < 4.78 is 0. The zero-order valence-corrected chi connectivity index (χ0v) is 10.8. The molecule has 0 aliphatic rings. The van der Waals surface area contributed by atoms with Crippen LogP contribution in [-0.4, -0.2) is 37.1 Å². The summed E-state index contributed by atoms with van der Waals surface area (Å²) in [6.45, 7) is 15.1. The van der Waals surface area contributed by atoms with Crippen LogP contribution < -0.4 is 5.32 Å². The third kappa shape index (κ3) is 8.64. The van der Waals surface area contributed by atoms with Crippen molar-refractivity contribution in [3.63, 3.8) is 0 Å². The second kappa shape index (κ2) is 10.2. The fraction of sp³-hybridized carbons (Fsp3) is 0.846. The molecule has 0 aliphatic carbocycles. The SMILES string of the molecule is C=CCCNC(C)CCCN(CC)CC. The molecule has 0 spiro atoms. The van der Waals surface area contributed by atoms with Crippen molar-refractivity contribution in [1.29, 1.82) is 0 Å². The van der Waals surface area contributed by atoms with E-state index in [0.29, 0.717) is 6.04 Å². The van der Waals surface area contributed by atoms with E-state index in [1.807, 2.05) is 6.08 Å². The maximum absolute atomic E-state index is 3.72. The fourth-order valence-electron chi connectivity index (χ4n) is 1.69. The molecule has 0 aromatic rings. The molecule has 0 heterocycles. The van der Waals surface area contributed by atoms with Crippen LogP contribution in [0.1, 0.15) is 40.0 Å². The Hall–Kier alpha value is -0.340. The summed E-state index contributed by atoms with van der Waals surface area (Å²) in [7, 11) is 0. The van der Waals surface area contributed by atoms with Crippen LogP contribution in [-0.2, 0) is 0 Å². The minimum absolute atomic E-state index is 0.639. The lowest BCUT2D eigenvalue weighted by Crippen LogP contribution is -2.29. The van der Waals surface area contributed by atoms with Crippen molar-refractivity contribution in [2.75, 3.05) is 26.2 Å². The van der Waals surface area contributed by atoms with Gasteiger partial charge in [0, 0.05) is 6.04 Å². The van der Waals surface area contributed by atoms with E-state index in [1.165, 1.54) is 32.5 Å². The van der Waals surface area contributed by atoms with Crippen molar-refractivity contribution in [2.24, 2.45) is 0 Å². The summed E-state index contributed by atoms with van der Waals surface area (Å²) in [4.78, 5) is 2.48. The van der Waals surface area contributed by atoms with E-state index in [4.69, 9.17) is 0 Å². The second-order valence-electron chi connectivity index (χ2n) is 4.10. The van der Waals surface area contributed by atoms with Gasteiger partial charge in [-0.05, 0) is 52.4 Å². The van der Waals surface area contributed by atoms with Crippen LogP contribution in [0.2, 0.25) is 0 Å². The molecule has 0 aliphatic heterocycles. The Labute approximate surface area is 95.7 Å².